The molecule has 0 spiro atoms. The number of unbranched alkanes of at least 4 members (excludes halogenated alkanes) is 3. The van der Waals surface area contributed by atoms with E-state index in [2.05, 4.69) is 11.7 Å². The van der Waals surface area contributed by atoms with Crippen molar-refractivity contribution in [2.24, 2.45) is 5.92 Å². The highest BCUT2D eigenvalue weighted by Gasteiger charge is 2.23. The van der Waals surface area contributed by atoms with Gasteiger partial charge in [0.25, 0.3) is 0 Å². The lowest BCUT2D eigenvalue weighted by atomic mass is 10.0. The average molecular weight is 509 g/mol. The van der Waals surface area contributed by atoms with Crippen LogP contribution in [0.1, 0.15) is 44.2 Å². The van der Waals surface area contributed by atoms with Gasteiger partial charge >= 0.3 is 5.97 Å². The molecule has 0 aliphatic carbocycles. The topological polar surface area (TPSA) is 107 Å². The number of pyridine rings is 1. The fraction of sp³-hybridized carbons (Fsp3) is 0.429. The highest BCUT2D eigenvalue weighted by molar-refractivity contribution is 5.87. The van der Waals surface area contributed by atoms with Gasteiger partial charge in [0, 0.05) is 43.7 Å². The number of aromatic nitrogens is 3. The number of hydrogen-bond acceptors (Lipinski definition) is 6. The van der Waals surface area contributed by atoms with E-state index in [0.717, 1.165) is 36.8 Å². The van der Waals surface area contributed by atoms with Crippen molar-refractivity contribution in [1.82, 2.24) is 19.7 Å². The Balaban J connectivity index is 1.67. The number of allylic oxidation sites excluding steroid dienone is 1. The monoisotopic (exact) mass is 508 g/mol. The molecule has 1 aromatic carbocycles. The van der Waals surface area contributed by atoms with E-state index in [-0.39, 0.29) is 25.4 Å². The summed E-state index contributed by atoms with van der Waals surface area (Å²) in [5.41, 5.74) is 1.52. The minimum Gasteiger partial charge on any atom is -0.497 e. The number of carboxylic acids is 1. The third kappa shape index (κ3) is 7.80. The maximum absolute atomic E-state index is 12.6. The quantitative estimate of drug-likeness (QED) is 0.232. The number of fused-ring (bicyclic) bond motifs is 1. The van der Waals surface area contributed by atoms with E-state index in [1.807, 2.05) is 43.5 Å². The van der Waals surface area contributed by atoms with E-state index in [4.69, 9.17) is 14.5 Å². The second-order valence-electron chi connectivity index (χ2n) is 9.09. The number of ether oxygens (including phenoxy) is 2. The number of nitrogens with zero attached hydrogens (tertiary/aromatic N) is 4. The summed E-state index contributed by atoms with van der Waals surface area (Å²) in [7, 11) is 3.31. The molecule has 198 valence electrons. The number of carbonyl (C=O) groups excluding carboxylic acids is 1. The summed E-state index contributed by atoms with van der Waals surface area (Å²) in [6, 6.07) is 9.15. The molecule has 3 aromatic rings. The van der Waals surface area contributed by atoms with Crippen LogP contribution in [-0.4, -0.2) is 64.0 Å². The molecule has 1 N–H and O–H groups in total. The highest BCUT2D eigenvalue weighted by Crippen LogP contribution is 2.30. The van der Waals surface area contributed by atoms with Gasteiger partial charge in [-0.2, -0.15) is 5.10 Å². The Labute approximate surface area is 217 Å². The summed E-state index contributed by atoms with van der Waals surface area (Å²) < 4.78 is 13.1. The van der Waals surface area contributed by atoms with E-state index in [9.17, 15) is 14.7 Å². The predicted molar refractivity (Wildman–Crippen MR) is 142 cm³/mol. The molecule has 0 aliphatic rings. The Morgan fingerprint density at radius 3 is 2.70 bits per heavy atom. The summed E-state index contributed by atoms with van der Waals surface area (Å²) >= 11 is 0. The average Bonchev–Trinajstić information content (AvgIpc) is 3.33. The zero-order valence-electron chi connectivity index (χ0n) is 21.9. The van der Waals surface area contributed by atoms with Crippen LogP contribution in [0.25, 0.3) is 16.7 Å². The Hall–Kier alpha value is -3.88. The largest absolute Gasteiger partial charge is 0.497 e. The van der Waals surface area contributed by atoms with Crippen molar-refractivity contribution >= 4 is 22.8 Å². The zero-order valence-corrected chi connectivity index (χ0v) is 21.9. The fourth-order valence-corrected chi connectivity index (χ4v) is 4.00. The first-order valence-corrected chi connectivity index (χ1v) is 12.5. The smallest absolute Gasteiger partial charge is 0.307 e. The van der Waals surface area contributed by atoms with Crippen LogP contribution < -0.4 is 9.47 Å². The molecular formula is C28H36N4O5. The summed E-state index contributed by atoms with van der Waals surface area (Å²) in [5, 5.41) is 14.9. The van der Waals surface area contributed by atoms with Crippen molar-refractivity contribution in [3.8, 4) is 17.3 Å². The molecule has 0 unspecified atom stereocenters. The Kier molecular flexibility index (Phi) is 10.1. The summed E-state index contributed by atoms with van der Waals surface area (Å²) in [6.45, 7) is 6.36. The van der Waals surface area contributed by atoms with Crippen molar-refractivity contribution in [3.05, 3.63) is 54.9 Å². The van der Waals surface area contributed by atoms with Gasteiger partial charge in [-0.25, -0.2) is 9.67 Å². The van der Waals surface area contributed by atoms with Crippen molar-refractivity contribution in [2.75, 3.05) is 27.3 Å². The van der Waals surface area contributed by atoms with Gasteiger partial charge in [0.1, 0.15) is 11.5 Å². The van der Waals surface area contributed by atoms with Crippen LogP contribution in [0.15, 0.2) is 49.2 Å². The summed E-state index contributed by atoms with van der Waals surface area (Å²) in [4.78, 5) is 30.8. The molecular weight excluding hydrogens is 472 g/mol. The number of benzene rings is 1. The number of carboxylic acid groups (broad SMARTS) is 1. The van der Waals surface area contributed by atoms with Crippen LogP contribution >= 0.6 is 0 Å². The minimum atomic E-state index is -1.01. The minimum absolute atomic E-state index is 0.0616. The van der Waals surface area contributed by atoms with E-state index < -0.39 is 11.9 Å². The van der Waals surface area contributed by atoms with Gasteiger partial charge in [-0.1, -0.05) is 12.5 Å². The number of hydrogen-bond donors (Lipinski definition) is 1. The number of aryl methyl sites for hydroxylation is 1. The standard InChI is InChI=1S/C28H36N4O5/c1-5-6-7-8-9-14-31(3)27(33)17-21(28(34)35)13-16-37-25-19-26(32-15-12-20(2)30-32)29-24-18-22(36-4)10-11-23(24)25/h5,10-12,15,18-19,21H,1,6-9,13-14,16-17H2,2-4H3,(H,34,35)/t21-/m1/s1. The molecule has 0 bridgehead atoms. The summed E-state index contributed by atoms with van der Waals surface area (Å²) in [6.07, 6.45) is 7.73. The zero-order chi connectivity index (χ0) is 26.8. The van der Waals surface area contributed by atoms with Crippen LogP contribution in [0.4, 0.5) is 0 Å². The van der Waals surface area contributed by atoms with Crippen molar-refractivity contribution in [1.29, 1.82) is 0 Å². The fourth-order valence-electron chi connectivity index (χ4n) is 4.00. The molecule has 9 nitrogen and oxygen atoms in total. The molecule has 0 saturated heterocycles. The Morgan fingerprint density at radius 2 is 2.03 bits per heavy atom. The lowest BCUT2D eigenvalue weighted by molar-refractivity contribution is -0.146. The van der Waals surface area contributed by atoms with Crippen molar-refractivity contribution < 1.29 is 24.2 Å². The van der Waals surface area contributed by atoms with E-state index >= 15 is 0 Å². The van der Waals surface area contributed by atoms with Crippen LogP contribution in [-0.2, 0) is 9.59 Å². The Morgan fingerprint density at radius 1 is 1.22 bits per heavy atom. The summed E-state index contributed by atoms with van der Waals surface area (Å²) in [5.74, 6) is -0.222. The van der Waals surface area contributed by atoms with Gasteiger partial charge in [-0.05, 0) is 50.8 Å². The molecule has 0 fully saturated rings. The number of methoxy groups -OCH3 is 1. The molecule has 1 amide bonds. The van der Waals surface area contributed by atoms with Gasteiger partial charge in [0.15, 0.2) is 5.82 Å². The van der Waals surface area contributed by atoms with Gasteiger partial charge in [-0.3, -0.25) is 9.59 Å². The highest BCUT2D eigenvalue weighted by atomic mass is 16.5. The second kappa shape index (κ2) is 13.4. The predicted octanol–water partition coefficient (Wildman–Crippen LogP) is 4.80. The third-order valence-electron chi connectivity index (χ3n) is 6.24. The Bertz CT molecular complexity index is 1220. The third-order valence-corrected chi connectivity index (χ3v) is 6.24. The van der Waals surface area contributed by atoms with E-state index in [1.165, 1.54) is 0 Å². The molecule has 0 radical (unpaired) electrons. The maximum Gasteiger partial charge on any atom is 0.307 e. The van der Waals surface area contributed by atoms with Gasteiger partial charge in [-0.15, -0.1) is 6.58 Å². The van der Waals surface area contributed by atoms with Crippen molar-refractivity contribution in [2.45, 2.75) is 45.4 Å². The SMILES string of the molecule is C=CCCCCCN(C)C(=O)C[C@@H](CCOc1cc(-n2ccc(C)n2)nc2cc(OC)ccc12)C(=O)O. The lowest BCUT2D eigenvalue weighted by Gasteiger charge is -2.20. The number of carbonyl (C=O) groups is 2. The number of rotatable bonds is 15. The molecule has 2 aromatic heterocycles. The number of amides is 1. The lowest BCUT2D eigenvalue weighted by Crippen LogP contribution is -2.31. The molecule has 1 atom stereocenters. The van der Waals surface area contributed by atoms with Gasteiger partial charge < -0.3 is 19.5 Å². The van der Waals surface area contributed by atoms with Gasteiger partial charge in [0.2, 0.25) is 5.91 Å². The molecule has 2 heterocycles. The molecule has 0 aliphatic heterocycles. The van der Waals surface area contributed by atoms with Crippen LogP contribution in [0.5, 0.6) is 11.5 Å². The van der Waals surface area contributed by atoms with Crippen LogP contribution in [0.3, 0.4) is 0 Å². The first kappa shape index (κ1) is 27.7. The van der Waals surface area contributed by atoms with Crippen LogP contribution in [0, 0.1) is 12.8 Å². The first-order valence-electron chi connectivity index (χ1n) is 12.5. The van der Waals surface area contributed by atoms with Crippen LogP contribution in [0.2, 0.25) is 0 Å². The van der Waals surface area contributed by atoms with E-state index in [1.54, 1.807) is 29.8 Å². The number of aliphatic carboxylic acids is 1. The second-order valence-corrected chi connectivity index (χ2v) is 9.09. The first-order chi connectivity index (χ1) is 17.8. The molecule has 3 rings (SSSR count). The molecule has 0 saturated carbocycles. The normalized spacial score (nSPS) is 11.8. The molecule has 37 heavy (non-hydrogen) atoms. The van der Waals surface area contributed by atoms with Crippen molar-refractivity contribution in [3.63, 3.8) is 0 Å². The van der Waals surface area contributed by atoms with E-state index in [0.29, 0.717) is 29.4 Å². The maximum atomic E-state index is 12.6. The molecule has 9 heteroatoms. The van der Waals surface area contributed by atoms with Gasteiger partial charge in [0.05, 0.1) is 30.8 Å².